The lowest BCUT2D eigenvalue weighted by Crippen LogP contribution is -2.26. The van der Waals surface area contributed by atoms with Gasteiger partial charge in [0.05, 0.1) is 5.56 Å². The van der Waals surface area contributed by atoms with E-state index in [1.807, 2.05) is 0 Å². The van der Waals surface area contributed by atoms with Gasteiger partial charge in [-0.3, -0.25) is 5.73 Å². The van der Waals surface area contributed by atoms with Gasteiger partial charge in [0.2, 0.25) is 5.88 Å². The smallest absolute Gasteiger partial charge is 0.417 e. The molecule has 90 valence electrons. The van der Waals surface area contributed by atoms with Gasteiger partial charge in [0.15, 0.2) is 0 Å². The molecule has 16 heavy (non-hydrogen) atoms. The van der Waals surface area contributed by atoms with Crippen molar-refractivity contribution in [1.29, 1.82) is 0 Å². The molecule has 1 aromatic rings. The monoisotopic (exact) mass is 254 g/mol. The van der Waals surface area contributed by atoms with Crippen LogP contribution in [0.1, 0.15) is 18.9 Å². The topological polar surface area (TPSA) is 48.1 Å². The first-order valence-electron chi connectivity index (χ1n) is 4.49. The van der Waals surface area contributed by atoms with E-state index in [1.54, 1.807) is 6.92 Å². The molecule has 0 saturated heterocycles. The molecule has 0 radical (unpaired) electrons. The molecule has 1 heterocycles. The number of hydrogen-bond acceptors (Lipinski definition) is 3. The number of aromatic nitrogens is 1. The predicted molar refractivity (Wildman–Crippen MR) is 53.1 cm³/mol. The van der Waals surface area contributed by atoms with Gasteiger partial charge in [0.1, 0.15) is 11.3 Å². The van der Waals surface area contributed by atoms with Crippen molar-refractivity contribution in [2.45, 2.75) is 25.7 Å². The Morgan fingerprint density at radius 1 is 1.56 bits per heavy atom. The maximum Gasteiger partial charge on any atom is 0.417 e. The number of ether oxygens (including phenoxy) is 1. The minimum absolute atomic E-state index is 0.0935. The van der Waals surface area contributed by atoms with Gasteiger partial charge in [-0.2, -0.15) is 13.2 Å². The van der Waals surface area contributed by atoms with Crippen molar-refractivity contribution in [3.8, 4) is 5.88 Å². The summed E-state index contributed by atoms with van der Waals surface area (Å²) in [5, 5.41) is -0.210. The summed E-state index contributed by atoms with van der Waals surface area (Å²) in [7, 11) is 0. The van der Waals surface area contributed by atoms with Gasteiger partial charge in [0.25, 0.3) is 0 Å². The fraction of sp³-hybridized carbons (Fsp3) is 0.444. The molecule has 0 amide bonds. The van der Waals surface area contributed by atoms with Crippen molar-refractivity contribution in [3.63, 3.8) is 0 Å². The minimum atomic E-state index is -4.47. The van der Waals surface area contributed by atoms with Gasteiger partial charge in [-0.1, -0.05) is 18.5 Å². The highest BCUT2D eigenvalue weighted by Crippen LogP contribution is 2.33. The summed E-state index contributed by atoms with van der Waals surface area (Å²) in [5.41, 5.74) is 4.53. The van der Waals surface area contributed by atoms with E-state index in [2.05, 4.69) is 4.98 Å². The van der Waals surface area contributed by atoms with Crippen molar-refractivity contribution >= 4 is 11.6 Å². The maximum atomic E-state index is 12.3. The van der Waals surface area contributed by atoms with E-state index in [9.17, 15) is 13.2 Å². The first-order chi connectivity index (χ1) is 7.34. The van der Waals surface area contributed by atoms with Gasteiger partial charge >= 0.3 is 6.18 Å². The lowest BCUT2D eigenvalue weighted by atomic mass is 10.3. The molecule has 1 atom stereocenters. The van der Waals surface area contributed by atoms with E-state index in [0.29, 0.717) is 12.6 Å². The highest BCUT2D eigenvalue weighted by molar-refractivity contribution is 6.31. The lowest BCUT2D eigenvalue weighted by molar-refractivity contribution is -0.137. The summed E-state index contributed by atoms with van der Waals surface area (Å²) in [6.07, 6.45) is -3.95. The van der Waals surface area contributed by atoms with E-state index >= 15 is 0 Å². The number of hydrogen-bond donors (Lipinski definition) is 1. The zero-order valence-corrected chi connectivity index (χ0v) is 9.14. The Hall–Kier alpha value is -1.01. The van der Waals surface area contributed by atoms with E-state index in [1.165, 1.54) is 0 Å². The molecule has 0 fully saturated rings. The Morgan fingerprint density at radius 2 is 2.19 bits per heavy atom. The number of nitrogens with zero attached hydrogens (tertiary/aromatic N) is 1. The number of halogens is 4. The summed E-state index contributed by atoms with van der Waals surface area (Å²) < 4.78 is 41.8. The van der Waals surface area contributed by atoms with Gasteiger partial charge < -0.3 is 4.74 Å². The molecule has 0 aliphatic rings. The van der Waals surface area contributed by atoms with E-state index in [-0.39, 0.29) is 10.9 Å². The van der Waals surface area contributed by atoms with Crippen molar-refractivity contribution in [2.24, 2.45) is 5.73 Å². The quantitative estimate of drug-likeness (QED) is 0.844. The zero-order valence-electron chi connectivity index (χ0n) is 8.38. The third kappa shape index (κ3) is 3.24. The summed E-state index contributed by atoms with van der Waals surface area (Å²) in [6.45, 7) is 1.77. The highest BCUT2D eigenvalue weighted by atomic mass is 35.5. The molecule has 0 unspecified atom stereocenters. The number of pyridine rings is 1. The van der Waals surface area contributed by atoms with Gasteiger partial charge in [0, 0.05) is 6.20 Å². The van der Waals surface area contributed by atoms with E-state index < -0.39 is 18.0 Å². The summed E-state index contributed by atoms with van der Waals surface area (Å²) in [4.78, 5) is 3.48. The van der Waals surface area contributed by atoms with Crippen LogP contribution in [0.2, 0.25) is 5.02 Å². The van der Waals surface area contributed by atoms with E-state index in [0.717, 1.165) is 6.07 Å². The fourth-order valence-electron chi connectivity index (χ4n) is 0.894. The Bertz CT molecular complexity index is 370. The van der Waals surface area contributed by atoms with Crippen LogP contribution in [-0.4, -0.2) is 11.2 Å². The normalized spacial score (nSPS) is 13.6. The van der Waals surface area contributed by atoms with Crippen LogP contribution in [0.25, 0.3) is 0 Å². The SMILES string of the molecule is CC[C@H](N)Oc1ncc(C(F)(F)F)cc1Cl. The number of alkyl halides is 3. The molecule has 0 aliphatic heterocycles. The standard InChI is InChI=1S/C9H10ClF3N2O/c1-2-7(14)16-8-6(10)3-5(4-15-8)9(11,12)13/h3-4,7H,2,14H2,1H3/t7-/m1/s1. The molecule has 2 N–H and O–H groups in total. The molecule has 7 heteroatoms. The maximum absolute atomic E-state index is 12.3. The molecule has 0 bridgehead atoms. The largest absolute Gasteiger partial charge is 0.458 e. The second-order valence-electron chi connectivity index (χ2n) is 3.07. The summed E-state index contributed by atoms with van der Waals surface area (Å²) in [6, 6.07) is 0.756. The first kappa shape index (κ1) is 13.1. The average Bonchev–Trinajstić information content (AvgIpc) is 2.19. The summed E-state index contributed by atoms with van der Waals surface area (Å²) >= 11 is 5.59. The van der Waals surface area contributed by atoms with Crippen LogP contribution in [0.4, 0.5) is 13.2 Å². The highest BCUT2D eigenvalue weighted by Gasteiger charge is 2.31. The van der Waals surface area contributed by atoms with Gasteiger partial charge in [-0.15, -0.1) is 0 Å². The van der Waals surface area contributed by atoms with Crippen LogP contribution in [0.3, 0.4) is 0 Å². The first-order valence-corrected chi connectivity index (χ1v) is 4.87. The third-order valence-electron chi connectivity index (χ3n) is 1.80. The van der Waals surface area contributed by atoms with Crippen molar-refractivity contribution in [2.75, 3.05) is 0 Å². The molecule has 1 rings (SSSR count). The average molecular weight is 255 g/mol. The Kier molecular flexibility index (Phi) is 3.98. The number of nitrogens with two attached hydrogens (primary N) is 1. The van der Waals surface area contributed by atoms with Crippen LogP contribution in [0.15, 0.2) is 12.3 Å². The Balaban J connectivity index is 2.92. The third-order valence-corrected chi connectivity index (χ3v) is 2.07. The molecule has 1 aromatic heterocycles. The molecular weight excluding hydrogens is 245 g/mol. The van der Waals surface area contributed by atoms with Crippen molar-refractivity contribution in [3.05, 3.63) is 22.8 Å². The van der Waals surface area contributed by atoms with Gasteiger partial charge in [-0.25, -0.2) is 4.98 Å². The van der Waals surface area contributed by atoms with Crippen LogP contribution in [-0.2, 0) is 6.18 Å². The van der Waals surface area contributed by atoms with Crippen molar-refractivity contribution in [1.82, 2.24) is 4.98 Å². The Labute approximate surface area is 95.4 Å². The lowest BCUT2D eigenvalue weighted by Gasteiger charge is -2.13. The molecular formula is C9H10ClF3N2O. The van der Waals surface area contributed by atoms with Gasteiger partial charge in [-0.05, 0) is 12.5 Å². The molecule has 0 aromatic carbocycles. The minimum Gasteiger partial charge on any atom is -0.458 e. The van der Waals surface area contributed by atoms with E-state index in [4.69, 9.17) is 22.1 Å². The number of rotatable bonds is 3. The Morgan fingerprint density at radius 3 is 2.62 bits per heavy atom. The van der Waals surface area contributed by atoms with Crippen molar-refractivity contribution < 1.29 is 17.9 Å². The van der Waals surface area contributed by atoms with Crippen LogP contribution < -0.4 is 10.5 Å². The summed E-state index contributed by atoms with van der Waals surface area (Å²) in [5.74, 6) is -0.0935. The van der Waals surface area contributed by atoms with Crippen LogP contribution in [0, 0.1) is 0 Å². The molecule has 0 aliphatic carbocycles. The molecule has 0 spiro atoms. The zero-order chi connectivity index (χ0) is 12.3. The van der Waals surface area contributed by atoms with Crippen LogP contribution in [0.5, 0.6) is 5.88 Å². The van der Waals surface area contributed by atoms with Crippen LogP contribution >= 0.6 is 11.6 Å². The molecule has 0 saturated carbocycles. The predicted octanol–water partition coefficient (Wildman–Crippen LogP) is 2.83. The second kappa shape index (κ2) is 4.88. The second-order valence-corrected chi connectivity index (χ2v) is 3.48. The fourth-order valence-corrected chi connectivity index (χ4v) is 1.10. The molecule has 3 nitrogen and oxygen atoms in total.